The lowest BCUT2D eigenvalue weighted by atomic mass is 9.72. The average Bonchev–Trinajstić information content (AvgIpc) is 3.10. The van der Waals surface area contributed by atoms with Crippen molar-refractivity contribution >= 4 is 47.7 Å². The van der Waals surface area contributed by atoms with Crippen LogP contribution in [0.2, 0.25) is 0 Å². The minimum atomic E-state index is -0.912. The Labute approximate surface area is 309 Å². The van der Waals surface area contributed by atoms with Crippen LogP contribution in [-0.4, -0.2) is 0 Å². The summed E-state index contributed by atoms with van der Waals surface area (Å²) in [6.45, 7) is 18.8. The first kappa shape index (κ1) is 36.8. The summed E-state index contributed by atoms with van der Waals surface area (Å²) in [5, 5.41) is 7.88. The highest BCUT2D eigenvalue weighted by atomic mass is 31.1. The van der Waals surface area contributed by atoms with Gasteiger partial charge in [0.25, 0.3) is 0 Å². The van der Waals surface area contributed by atoms with Crippen LogP contribution in [0.5, 0.6) is 11.5 Å². The number of hydrogen-bond acceptors (Lipinski definition) is 1. The van der Waals surface area contributed by atoms with Crippen molar-refractivity contribution in [3.63, 3.8) is 0 Å². The van der Waals surface area contributed by atoms with Crippen molar-refractivity contribution in [2.24, 2.45) is 0 Å². The topological polar surface area (TPSA) is 9.23 Å². The predicted octanol–water partition coefficient (Wildman–Crippen LogP) is 10.9. The number of hydrogen-bond donors (Lipinski definition) is 0. The number of ether oxygens (including phenoxy) is 1. The Morgan fingerprint density at radius 2 is 0.706 bits per heavy atom. The second kappa shape index (κ2) is 14.2. The number of rotatable bonds is 6. The van der Waals surface area contributed by atoms with Crippen molar-refractivity contribution in [1.29, 1.82) is 0 Å². The van der Waals surface area contributed by atoms with Crippen LogP contribution in [-0.2, 0) is 16.2 Å². The summed E-state index contributed by atoms with van der Waals surface area (Å²) in [6.07, 6.45) is 0. The Morgan fingerprint density at radius 3 is 0.961 bits per heavy atom. The van der Waals surface area contributed by atoms with E-state index in [2.05, 4.69) is 201 Å². The van der Waals surface area contributed by atoms with E-state index in [1.54, 1.807) is 0 Å². The van der Waals surface area contributed by atoms with E-state index in [1.165, 1.54) is 54.1 Å². The van der Waals surface area contributed by atoms with Gasteiger partial charge < -0.3 is 4.74 Å². The lowest BCUT2D eigenvalue weighted by Gasteiger charge is -2.41. The van der Waals surface area contributed by atoms with Gasteiger partial charge in [-0.3, -0.25) is 0 Å². The highest BCUT2D eigenvalue weighted by Gasteiger charge is 2.41. The monoisotopic (exact) mass is 706 g/mol. The summed E-state index contributed by atoms with van der Waals surface area (Å²) in [5.74, 6) is 2.05. The molecule has 6 aromatic rings. The van der Waals surface area contributed by atoms with E-state index in [9.17, 15) is 0 Å². The highest BCUT2D eigenvalue weighted by molar-refractivity contribution is 7.80. The van der Waals surface area contributed by atoms with Crippen molar-refractivity contribution in [1.82, 2.24) is 0 Å². The molecule has 0 radical (unpaired) electrons. The third kappa shape index (κ3) is 7.09. The zero-order chi connectivity index (χ0) is 35.3. The first-order valence-electron chi connectivity index (χ1n) is 17.7. The zero-order valence-corrected chi connectivity index (χ0v) is 32.4. The van der Waals surface area contributed by atoms with Gasteiger partial charge in [0.15, 0.2) is 0 Å². The third-order valence-electron chi connectivity index (χ3n) is 9.96. The van der Waals surface area contributed by atoms with Gasteiger partial charge in [0.2, 0.25) is 0 Å². The Hall–Kier alpha value is -4.02. The highest BCUT2D eigenvalue weighted by Crippen LogP contribution is 2.54. The molecule has 0 saturated carbocycles. The molecule has 0 spiro atoms. The van der Waals surface area contributed by atoms with Crippen LogP contribution < -0.4 is 36.6 Å². The molecule has 0 bridgehead atoms. The van der Waals surface area contributed by atoms with Crippen molar-refractivity contribution in [2.75, 3.05) is 0 Å². The Bertz CT molecular complexity index is 1880. The van der Waals surface area contributed by atoms with E-state index in [1.807, 2.05) is 0 Å². The van der Waals surface area contributed by atoms with Gasteiger partial charge in [0.1, 0.15) is 11.5 Å². The summed E-state index contributed by atoms with van der Waals surface area (Å²) in [5.41, 5.74) is 4.84. The minimum Gasteiger partial charge on any atom is -0.455 e. The molecule has 0 aliphatic carbocycles. The van der Waals surface area contributed by atoms with Crippen LogP contribution in [0, 0.1) is 0 Å². The van der Waals surface area contributed by atoms with E-state index in [4.69, 9.17) is 4.74 Å². The minimum absolute atomic E-state index is 0. The van der Waals surface area contributed by atoms with E-state index < -0.39 is 15.8 Å². The fourth-order valence-corrected chi connectivity index (χ4v) is 11.8. The van der Waals surface area contributed by atoms with E-state index >= 15 is 0 Å². The van der Waals surface area contributed by atoms with Crippen LogP contribution in [0.4, 0.5) is 0 Å². The maximum absolute atomic E-state index is 7.59. The van der Waals surface area contributed by atoms with Gasteiger partial charge in [0.05, 0.1) is 0 Å². The molecule has 260 valence electrons. The first-order chi connectivity index (χ1) is 23.8. The molecule has 1 aliphatic rings. The molecule has 0 fully saturated rings. The van der Waals surface area contributed by atoms with Crippen LogP contribution in [0.15, 0.2) is 146 Å². The van der Waals surface area contributed by atoms with E-state index in [-0.39, 0.29) is 23.7 Å². The first-order valence-corrected chi connectivity index (χ1v) is 20.4. The molecule has 1 heterocycles. The second-order valence-electron chi connectivity index (χ2n) is 16.0. The summed E-state index contributed by atoms with van der Waals surface area (Å²) >= 11 is 0. The van der Waals surface area contributed by atoms with Crippen LogP contribution >= 0.6 is 15.8 Å². The molecule has 1 nitrogen and oxygen atoms in total. The van der Waals surface area contributed by atoms with Gasteiger partial charge in [-0.2, -0.15) is 0 Å². The van der Waals surface area contributed by atoms with Crippen molar-refractivity contribution in [3.8, 4) is 11.5 Å². The maximum Gasteiger partial charge on any atom is 0.139 e. The smallest absolute Gasteiger partial charge is 0.139 e. The van der Waals surface area contributed by atoms with Crippen LogP contribution in [0.1, 0.15) is 85.1 Å². The van der Waals surface area contributed by atoms with Crippen molar-refractivity contribution in [3.05, 3.63) is 168 Å². The molecule has 3 heteroatoms. The van der Waals surface area contributed by atoms with Gasteiger partial charge in [0, 0.05) is 27.2 Å². The zero-order valence-electron chi connectivity index (χ0n) is 30.7. The summed E-state index contributed by atoms with van der Waals surface area (Å²) in [6, 6.07) is 54.0. The van der Waals surface area contributed by atoms with Gasteiger partial charge in [-0.25, -0.2) is 0 Å². The standard InChI is InChI=1S/C47H48OP2.CH4/c1-45(2,3)33-29-39-43(41(31-33)49(35-21-13-9-14-22-35)36-23-15-10-16-24-36)48-44-40(47(39,7)8)30-34(46(4,5)6)32-42(44)50(37-25-17-11-18-26-37)38-27-19-12-20-28-38;/h9-32H,1-8H3;1H4. The van der Waals surface area contributed by atoms with Crippen LogP contribution in [0.3, 0.4) is 0 Å². The fraction of sp³-hybridized carbons (Fsp3) is 0.250. The lowest BCUT2D eigenvalue weighted by Crippen LogP contribution is -2.35. The van der Waals surface area contributed by atoms with Crippen LogP contribution in [0.25, 0.3) is 0 Å². The normalized spacial score (nSPS) is 13.6. The van der Waals surface area contributed by atoms with Crippen molar-refractivity contribution < 1.29 is 4.74 Å². The molecule has 0 saturated heterocycles. The Balaban J connectivity index is 0.00000448. The molecule has 7 rings (SSSR count). The molecule has 1 aliphatic heterocycles. The molecule has 6 aromatic carbocycles. The van der Waals surface area contributed by atoms with Gasteiger partial charge in [-0.15, -0.1) is 0 Å². The molecular weight excluding hydrogens is 654 g/mol. The number of fused-ring (bicyclic) bond motifs is 2. The summed E-state index contributed by atoms with van der Waals surface area (Å²) in [4.78, 5) is 0. The fourth-order valence-electron chi connectivity index (χ4n) is 6.98. The Morgan fingerprint density at radius 1 is 0.431 bits per heavy atom. The SMILES string of the molecule is C.CC(C)(C)c1cc(P(c2ccccc2)c2ccccc2)c2c(c1)C(C)(C)c1cc(C(C)(C)C)cc(P(c3ccccc3)c3ccccc3)c1O2. The summed E-state index contributed by atoms with van der Waals surface area (Å²) in [7, 11) is -1.82. The predicted molar refractivity (Wildman–Crippen MR) is 227 cm³/mol. The molecule has 0 amide bonds. The van der Waals surface area contributed by atoms with Gasteiger partial charge in [-0.1, -0.05) is 196 Å². The molecule has 0 N–H and O–H groups in total. The van der Waals surface area contributed by atoms with Crippen molar-refractivity contribution in [2.45, 2.75) is 79.1 Å². The maximum atomic E-state index is 7.59. The molecule has 0 atom stereocenters. The van der Waals surface area contributed by atoms with Gasteiger partial charge in [-0.05, 0) is 71.2 Å². The molecule has 0 unspecified atom stereocenters. The number of benzene rings is 6. The average molecular weight is 707 g/mol. The van der Waals surface area contributed by atoms with E-state index in [0.29, 0.717) is 0 Å². The molecule has 0 aromatic heterocycles. The summed E-state index contributed by atoms with van der Waals surface area (Å²) < 4.78 is 7.59. The second-order valence-corrected chi connectivity index (χ2v) is 20.4. The molecular formula is C48H52OP2. The third-order valence-corrected chi connectivity index (χ3v) is 14.8. The molecule has 51 heavy (non-hydrogen) atoms. The van der Waals surface area contributed by atoms with Gasteiger partial charge >= 0.3 is 0 Å². The Kier molecular flexibility index (Phi) is 10.2. The quantitative estimate of drug-likeness (QED) is 0.157. The van der Waals surface area contributed by atoms with E-state index in [0.717, 1.165) is 11.5 Å². The largest absolute Gasteiger partial charge is 0.455 e. The lowest BCUT2D eigenvalue weighted by molar-refractivity contribution is 0.422.